The molecule has 112 valence electrons. The Labute approximate surface area is 132 Å². The third-order valence-corrected chi connectivity index (χ3v) is 3.37. The first kappa shape index (κ1) is 14.5. The monoisotopic (exact) mass is 315 g/mol. The molecule has 0 atom stereocenters. The average Bonchev–Trinajstić information content (AvgIpc) is 2.86. The van der Waals surface area contributed by atoms with Crippen LogP contribution in [0.15, 0.2) is 46.9 Å². The summed E-state index contributed by atoms with van der Waals surface area (Å²) < 4.78 is 18.3. The second-order valence-electron chi connectivity index (χ2n) is 4.85. The molecule has 0 amide bonds. The number of aryl methyl sites for hydroxylation is 1. The summed E-state index contributed by atoms with van der Waals surface area (Å²) in [4.78, 5) is 4.28. The summed E-state index contributed by atoms with van der Waals surface area (Å²) in [5.74, 6) is 0.379. The minimum absolute atomic E-state index is 0.249. The molecule has 0 aliphatic carbocycles. The van der Waals surface area contributed by atoms with E-state index in [2.05, 4.69) is 15.6 Å². The van der Waals surface area contributed by atoms with E-state index in [1.54, 1.807) is 12.1 Å². The molecule has 6 heteroatoms. The number of hydrogen-bond donors (Lipinski definition) is 2. The summed E-state index contributed by atoms with van der Waals surface area (Å²) >= 11 is 5.25. The van der Waals surface area contributed by atoms with Gasteiger partial charge in [0.25, 0.3) is 0 Å². The van der Waals surface area contributed by atoms with Crippen molar-refractivity contribution in [3.05, 3.63) is 59.7 Å². The highest BCUT2D eigenvalue weighted by molar-refractivity contribution is 7.80. The van der Waals surface area contributed by atoms with Crippen LogP contribution in [0.2, 0.25) is 0 Å². The molecular formula is C16H14FN3OS. The Bertz CT molecular complexity index is 814. The SMILES string of the molecule is Cc1nc2cc(NC(=S)NCc3ccc(F)cc3)ccc2o1. The Morgan fingerprint density at radius 2 is 2.00 bits per heavy atom. The molecule has 1 heterocycles. The number of anilines is 1. The van der Waals surface area contributed by atoms with Crippen molar-refractivity contribution in [3.8, 4) is 0 Å². The fraction of sp³-hybridized carbons (Fsp3) is 0.125. The lowest BCUT2D eigenvalue weighted by Gasteiger charge is -2.10. The summed E-state index contributed by atoms with van der Waals surface area (Å²) in [5, 5.41) is 6.65. The van der Waals surface area contributed by atoms with Gasteiger partial charge in [0.1, 0.15) is 11.3 Å². The van der Waals surface area contributed by atoms with Gasteiger partial charge in [-0.25, -0.2) is 9.37 Å². The standard InChI is InChI=1S/C16H14FN3OS/c1-10-19-14-8-13(6-7-15(14)21-10)20-16(22)18-9-11-2-4-12(17)5-3-11/h2-8H,9H2,1H3,(H2,18,20,22). The molecule has 22 heavy (non-hydrogen) atoms. The Kier molecular flexibility index (Phi) is 4.02. The maximum atomic E-state index is 12.8. The van der Waals surface area contributed by atoms with E-state index < -0.39 is 0 Å². The van der Waals surface area contributed by atoms with Crippen LogP contribution < -0.4 is 10.6 Å². The van der Waals surface area contributed by atoms with E-state index in [1.807, 2.05) is 25.1 Å². The number of benzene rings is 2. The third-order valence-electron chi connectivity index (χ3n) is 3.12. The molecule has 0 spiro atoms. The zero-order chi connectivity index (χ0) is 15.5. The number of thiocarbonyl (C=S) groups is 1. The number of rotatable bonds is 3. The molecule has 0 fully saturated rings. The quantitative estimate of drug-likeness (QED) is 0.721. The van der Waals surface area contributed by atoms with Crippen LogP contribution in [-0.2, 0) is 6.54 Å². The van der Waals surface area contributed by atoms with Crippen molar-refractivity contribution in [2.24, 2.45) is 0 Å². The third kappa shape index (κ3) is 3.40. The van der Waals surface area contributed by atoms with Crippen molar-refractivity contribution in [1.29, 1.82) is 0 Å². The second-order valence-corrected chi connectivity index (χ2v) is 5.26. The van der Waals surface area contributed by atoms with Crippen LogP contribution >= 0.6 is 12.2 Å². The number of hydrogen-bond acceptors (Lipinski definition) is 3. The van der Waals surface area contributed by atoms with E-state index in [0.29, 0.717) is 17.5 Å². The fourth-order valence-corrected chi connectivity index (χ4v) is 2.27. The van der Waals surface area contributed by atoms with Gasteiger partial charge < -0.3 is 15.1 Å². The number of oxazole rings is 1. The van der Waals surface area contributed by atoms with Crippen LogP contribution in [0, 0.1) is 12.7 Å². The minimum Gasteiger partial charge on any atom is -0.441 e. The number of aromatic nitrogens is 1. The summed E-state index contributed by atoms with van der Waals surface area (Å²) in [6.45, 7) is 2.33. The van der Waals surface area contributed by atoms with Gasteiger partial charge in [0, 0.05) is 19.2 Å². The minimum atomic E-state index is -0.249. The topological polar surface area (TPSA) is 50.1 Å². The highest BCUT2D eigenvalue weighted by atomic mass is 32.1. The number of nitrogens with zero attached hydrogens (tertiary/aromatic N) is 1. The lowest BCUT2D eigenvalue weighted by Crippen LogP contribution is -2.27. The molecule has 3 rings (SSSR count). The number of fused-ring (bicyclic) bond motifs is 1. The Morgan fingerprint density at radius 3 is 2.77 bits per heavy atom. The smallest absolute Gasteiger partial charge is 0.192 e. The predicted molar refractivity (Wildman–Crippen MR) is 88.2 cm³/mol. The van der Waals surface area contributed by atoms with E-state index in [0.717, 1.165) is 22.4 Å². The van der Waals surface area contributed by atoms with Crippen molar-refractivity contribution < 1.29 is 8.81 Å². The van der Waals surface area contributed by atoms with Crippen molar-refractivity contribution in [2.75, 3.05) is 5.32 Å². The van der Waals surface area contributed by atoms with E-state index >= 15 is 0 Å². The summed E-state index contributed by atoms with van der Waals surface area (Å²) in [5.41, 5.74) is 3.31. The molecule has 0 unspecified atom stereocenters. The van der Waals surface area contributed by atoms with Gasteiger partial charge >= 0.3 is 0 Å². The molecule has 0 bridgehead atoms. The summed E-state index contributed by atoms with van der Waals surface area (Å²) in [6, 6.07) is 11.9. The molecule has 0 saturated carbocycles. The lowest BCUT2D eigenvalue weighted by molar-refractivity contribution is 0.561. The largest absolute Gasteiger partial charge is 0.441 e. The zero-order valence-electron chi connectivity index (χ0n) is 11.9. The van der Waals surface area contributed by atoms with Gasteiger partial charge in [-0.05, 0) is 48.1 Å². The maximum absolute atomic E-state index is 12.8. The van der Waals surface area contributed by atoms with E-state index in [-0.39, 0.29) is 5.82 Å². The van der Waals surface area contributed by atoms with Gasteiger partial charge in [-0.15, -0.1) is 0 Å². The molecule has 0 aliphatic rings. The van der Waals surface area contributed by atoms with E-state index in [1.165, 1.54) is 12.1 Å². The van der Waals surface area contributed by atoms with Gasteiger partial charge in [0.15, 0.2) is 16.6 Å². The Hall–Kier alpha value is -2.47. The molecule has 2 N–H and O–H groups in total. The lowest BCUT2D eigenvalue weighted by atomic mass is 10.2. The predicted octanol–water partition coefficient (Wildman–Crippen LogP) is 3.76. The molecule has 0 saturated heterocycles. The van der Waals surface area contributed by atoms with Gasteiger partial charge in [-0.2, -0.15) is 0 Å². The van der Waals surface area contributed by atoms with Crippen LogP contribution in [0.3, 0.4) is 0 Å². The van der Waals surface area contributed by atoms with Crippen molar-refractivity contribution in [3.63, 3.8) is 0 Å². The fourth-order valence-electron chi connectivity index (χ4n) is 2.08. The number of nitrogens with one attached hydrogen (secondary N) is 2. The zero-order valence-corrected chi connectivity index (χ0v) is 12.7. The van der Waals surface area contributed by atoms with Gasteiger partial charge in [-0.3, -0.25) is 0 Å². The highest BCUT2D eigenvalue weighted by Crippen LogP contribution is 2.19. The first-order valence-corrected chi connectivity index (χ1v) is 7.17. The van der Waals surface area contributed by atoms with Crippen LogP contribution in [-0.4, -0.2) is 10.1 Å². The summed E-state index contributed by atoms with van der Waals surface area (Å²) in [6.07, 6.45) is 0. The van der Waals surface area contributed by atoms with Crippen LogP contribution in [0.25, 0.3) is 11.1 Å². The molecular weight excluding hydrogens is 301 g/mol. The molecule has 3 aromatic rings. The van der Waals surface area contributed by atoms with Gasteiger partial charge in [-0.1, -0.05) is 12.1 Å². The normalized spacial score (nSPS) is 10.6. The maximum Gasteiger partial charge on any atom is 0.192 e. The van der Waals surface area contributed by atoms with Crippen molar-refractivity contribution in [1.82, 2.24) is 10.3 Å². The Balaban J connectivity index is 1.61. The van der Waals surface area contributed by atoms with Crippen molar-refractivity contribution >= 4 is 34.1 Å². The van der Waals surface area contributed by atoms with Gasteiger partial charge in [0.05, 0.1) is 0 Å². The molecule has 0 aliphatic heterocycles. The van der Waals surface area contributed by atoms with Crippen LogP contribution in [0.1, 0.15) is 11.5 Å². The second kappa shape index (κ2) is 6.11. The first-order valence-electron chi connectivity index (χ1n) is 6.77. The highest BCUT2D eigenvalue weighted by Gasteiger charge is 2.04. The van der Waals surface area contributed by atoms with E-state index in [4.69, 9.17) is 16.6 Å². The van der Waals surface area contributed by atoms with Crippen molar-refractivity contribution in [2.45, 2.75) is 13.5 Å². The Morgan fingerprint density at radius 1 is 1.23 bits per heavy atom. The van der Waals surface area contributed by atoms with Crippen LogP contribution in [0.4, 0.5) is 10.1 Å². The summed E-state index contributed by atoms with van der Waals surface area (Å²) in [7, 11) is 0. The first-order chi connectivity index (χ1) is 10.6. The van der Waals surface area contributed by atoms with Gasteiger partial charge in [0.2, 0.25) is 0 Å². The average molecular weight is 315 g/mol. The number of halogens is 1. The molecule has 2 aromatic carbocycles. The molecule has 4 nitrogen and oxygen atoms in total. The molecule has 1 aromatic heterocycles. The molecule has 0 radical (unpaired) electrons. The van der Waals surface area contributed by atoms with E-state index in [9.17, 15) is 4.39 Å². The van der Waals surface area contributed by atoms with Crippen LogP contribution in [0.5, 0.6) is 0 Å².